The van der Waals surface area contributed by atoms with Crippen molar-refractivity contribution in [1.29, 1.82) is 0 Å². The molecule has 18 aromatic carbocycles. The van der Waals surface area contributed by atoms with Crippen molar-refractivity contribution in [2.24, 2.45) is 0 Å². The van der Waals surface area contributed by atoms with Gasteiger partial charge in [0.15, 0.2) is 34.9 Å². The monoisotopic (exact) mass is 1690 g/mol. The van der Waals surface area contributed by atoms with E-state index in [1.807, 2.05) is 145 Å². The van der Waals surface area contributed by atoms with Gasteiger partial charge in [-0.3, -0.25) is 0 Å². The summed E-state index contributed by atoms with van der Waals surface area (Å²) in [6.07, 6.45) is 0. The summed E-state index contributed by atoms with van der Waals surface area (Å²) in [5, 5.41) is 10.8. The zero-order valence-corrected chi connectivity index (χ0v) is 71.1. The molecule has 10 nitrogen and oxygen atoms in total. The Kier molecular flexibility index (Phi) is 16.5. The van der Waals surface area contributed by atoms with E-state index in [9.17, 15) is 0 Å². The molecule has 4 aliphatic rings. The van der Waals surface area contributed by atoms with Crippen molar-refractivity contribution in [3.63, 3.8) is 0 Å². The van der Waals surface area contributed by atoms with Crippen LogP contribution in [0.4, 0.5) is 0 Å². The first-order valence-corrected chi connectivity index (χ1v) is 45.4. The zero-order chi connectivity index (χ0) is 85.3. The first kappa shape index (κ1) is 73.9. The fourth-order valence-electron chi connectivity index (χ4n) is 21.3. The molecule has 604 valence electrons. The minimum absolute atomic E-state index is 0.501. The van der Waals surface area contributed by atoms with Crippen LogP contribution in [0.15, 0.2) is 441 Å². The normalized spacial score (nSPS) is 13.3. The molecule has 0 N–H and O–H groups in total. The molecule has 0 bridgehead atoms. The quantitative estimate of drug-likeness (QED) is 0.134. The number of rotatable bonds is 8. The van der Waals surface area contributed by atoms with Crippen LogP contribution in [0, 0.1) is 0 Å². The molecule has 0 atom stereocenters. The van der Waals surface area contributed by atoms with Gasteiger partial charge in [0.25, 0.3) is 0 Å². The third-order valence-electron chi connectivity index (χ3n) is 26.8. The number of benzene rings is 18. The van der Waals surface area contributed by atoms with Crippen LogP contribution < -0.4 is 0 Å². The van der Waals surface area contributed by atoms with Crippen molar-refractivity contribution in [3.8, 4) is 113 Å². The molecule has 2 aliphatic heterocycles. The minimum Gasteiger partial charge on any atom is -0.456 e. The molecule has 12 heteroatoms. The lowest BCUT2D eigenvalue weighted by Crippen LogP contribution is -2.32. The van der Waals surface area contributed by atoms with E-state index < -0.39 is 10.8 Å². The molecule has 0 amide bonds. The predicted molar refractivity (Wildman–Crippen MR) is 526 cm³/mol. The first-order chi connectivity index (χ1) is 64.4. The lowest BCUT2D eigenvalue weighted by atomic mass is 9.67. The number of hydrogen-bond acceptors (Lipinski definition) is 12. The highest BCUT2D eigenvalue weighted by molar-refractivity contribution is 8.00. The van der Waals surface area contributed by atoms with Crippen LogP contribution in [-0.4, -0.2) is 39.9 Å². The minimum atomic E-state index is -0.501. The Balaban J connectivity index is 0.000000134. The molecule has 0 fully saturated rings. The summed E-state index contributed by atoms with van der Waals surface area (Å²) in [6.45, 7) is 0. The second kappa shape index (κ2) is 29.1. The summed E-state index contributed by atoms with van der Waals surface area (Å²) in [6, 6.07) is 146. The van der Waals surface area contributed by atoms with Crippen LogP contribution in [-0.2, 0) is 10.8 Å². The Labute approximate surface area is 754 Å². The number of furan rings is 2. The predicted octanol–water partition coefficient (Wildman–Crippen LogP) is 29.9. The van der Waals surface area contributed by atoms with Gasteiger partial charge >= 0.3 is 0 Å². The molecule has 24 aromatic rings. The standard InChI is InChI=1S/2C59H34N4OS/c1-3-16-35(17-4-1)53-43-32-33-48-55(65-51-29-14-12-27-47(51)59(48)45-25-10-7-20-38(45)39-21-8-11-26-46(39)59)52(43)42-31-30-37(34-49(42)60-53)57-61-56(36-18-5-2-6-19-36)62-58(63-57)44-24-15-23-41-40-22-9-13-28-50(40)64-54(41)44;1-3-16-35(17-4-1)54-42-32-33-47-55(65-51-29-14-12-26-46(51)59(47)44-24-10-7-20-38(44)39-21-8-11-25-45(39)59)53(42)40-31-30-37(34-48(40)60-54)57-61-56(36-18-5-2-6-19-36)62-58(63-57)43-23-15-28-50-52(43)41-22-9-13-27-49(41)64-50/h2*1-34H. The molecule has 6 aromatic heterocycles. The van der Waals surface area contributed by atoms with Gasteiger partial charge in [-0.1, -0.05) is 388 Å². The third-order valence-corrected chi connectivity index (χ3v) is 29.2. The number of aromatic nitrogens is 8. The second-order valence-corrected chi connectivity index (χ2v) is 35.7. The summed E-state index contributed by atoms with van der Waals surface area (Å²) in [5.74, 6) is 3.43. The van der Waals surface area contributed by atoms with Crippen LogP contribution in [0.25, 0.3) is 200 Å². The average Bonchev–Trinajstić information content (AvgIpc) is 1.48. The maximum Gasteiger partial charge on any atom is 0.167 e. The molecule has 2 aliphatic carbocycles. The van der Waals surface area contributed by atoms with E-state index >= 15 is 0 Å². The van der Waals surface area contributed by atoms with E-state index in [0.717, 1.165) is 132 Å². The molecule has 0 saturated carbocycles. The molecule has 28 rings (SSSR count). The Morgan fingerprint density at radius 2 is 0.531 bits per heavy atom. The smallest absolute Gasteiger partial charge is 0.167 e. The van der Waals surface area contributed by atoms with Gasteiger partial charge < -0.3 is 8.83 Å². The largest absolute Gasteiger partial charge is 0.456 e. The van der Waals surface area contributed by atoms with Crippen molar-refractivity contribution in [2.75, 3.05) is 0 Å². The topological polar surface area (TPSA) is 129 Å². The molecular formula is C118H68N8O2S2. The number of pyridine rings is 2. The fraction of sp³-hybridized carbons (Fsp3) is 0.0169. The number of fused-ring (bicyclic) bond motifs is 32. The van der Waals surface area contributed by atoms with E-state index in [4.69, 9.17) is 48.7 Å². The van der Waals surface area contributed by atoms with E-state index in [-0.39, 0.29) is 0 Å². The molecule has 0 unspecified atom stereocenters. The number of hydrogen-bond donors (Lipinski definition) is 0. The van der Waals surface area contributed by atoms with Crippen LogP contribution in [0.2, 0.25) is 0 Å². The van der Waals surface area contributed by atoms with Crippen molar-refractivity contribution in [1.82, 2.24) is 39.9 Å². The fourth-order valence-corrected chi connectivity index (χ4v) is 24.0. The molecular weight excluding hydrogens is 1630 g/mol. The Morgan fingerprint density at radius 1 is 0.192 bits per heavy atom. The average molecular weight is 1690 g/mol. The second-order valence-electron chi connectivity index (χ2n) is 33.6. The summed E-state index contributed by atoms with van der Waals surface area (Å²) < 4.78 is 12.8. The Hall–Kier alpha value is -16.4. The highest BCUT2D eigenvalue weighted by Gasteiger charge is 2.53. The van der Waals surface area contributed by atoms with Crippen LogP contribution in [0.5, 0.6) is 0 Å². The highest BCUT2D eigenvalue weighted by atomic mass is 32.2. The maximum atomic E-state index is 6.51. The molecule has 8 heterocycles. The van der Waals surface area contributed by atoms with E-state index in [1.54, 1.807) is 0 Å². The SMILES string of the molecule is c1ccc(-c2nc(-c3ccc4c(c3)nc(-c3ccccc3)c3ccc5c(c34)Sc3ccccc3C53c4ccccc4-c4ccccc43)nc(-c3cccc4c3oc3ccccc34)n2)cc1.c1ccc(-c2nc(-c3ccc4c(c3)nc(-c3ccccc3)c3ccc5c(c34)Sc3ccccc3C53c4ccccc4-c4ccccc43)nc(-c3cccc4oc5ccccc5c34)n2)cc1. The third kappa shape index (κ3) is 11.0. The van der Waals surface area contributed by atoms with Gasteiger partial charge in [-0.15, -0.1) is 0 Å². The van der Waals surface area contributed by atoms with Crippen LogP contribution in [0.3, 0.4) is 0 Å². The molecule has 2 spiro atoms. The Bertz CT molecular complexity index is 8810. The summed E-state index contributed by atoms with van der Waals surface area (Å²) in [5.41, 5.74) is 28.7. The summed E-state index contributed by atoms with van der Waals surface area (Å²) in [7, 11) is 0. The first-order valence-electron chi connectivity index (χ1n) is 43.8. The Morgan fingerprint density at radius 3 is 1.01 bits per heavy atom. The summed E-state index contributed by atoms with van der Waals surface area (Å²) in [4.78, 5) is 47.2. The van der Waals surface area contributed by atoms with Crippen molar-refractivity contribution in [2.45, 2.75) is 30.4 Å². The number of para-hydroxylation sites is 3. The molecule has 0 radical (unpaired) electrons. The lowest BCUT2D eigenvalue weighted by Gasteiger charge is -2.40. The van der Waals surface area contributed by atoms with Gasteiger partial charge in [0.2, 0.25) is 0 Å². The summed E-state index contributed by atoms with van der Waals surface area (Å²) >= 11 is 3.75. The van der Waals surface area contributed by atoms with Gasteiger partial charge in [0.1, 0.15) is 22.3 Å². The zero-order valence-electron chi connectivity index (χ0n) is 69.5. The molecule has 0 saturated heterocycles. The van der Waals surface area contributed by atoms with E-state index in [2.05, 4.69) is 291 Å². The number of nitrogens with zero attached hydrogens (tertiary/aromatic N) is 8. The van der Waals surface area contributed by atoms with Gasteiger partial charge in [0, 0.05) is 112 Å². The van der Waals surface area contributed by atoms with Crippen molar-refractivity contribution >= 4 is 111 Å². The van der Waals surface area contributed by atoms with Gasteiger partial charge in [-0.2, -0.15) is 0 Å². The highest BCUT2D eigenvalue weighted by Crippen LogP contribution is 2.66. The van der Waals surface area contributed by atoms with Crippen LogP contribution in [0.1, 0.15) is 44.5 Å². The lowest BCUT2D eigenvalue weighted by molar-refractivity contribution is 0.669. The van der Waals surface area contributed by atoms with E-state index in [0.29, 0.717) is 34.9 Å². The van der Waals surface area contributed by atoms with Gasteiger partial charge in [0.05, 0.1) is 38.8 Å². The maximum absolute atomic E-state index is 6.51. The molecule has 130 heavy (non-hydrogen) atoms. The van der Waals surface area contributed by atoms with Crippen molar-refractivity contribution < 1.29 is 8.83 Å². The van der Waals surface area contributed by atoms with Crippen LogP contribution >= 0.6 is 23.5 Å². The van der Waals surface area contributed by atoms with Crippen molar-refractivity contribution in [3.05, 3.63) is 457 Å². The van der Waals surface area contributed by atoms with Gasteiger partial charge in [-0.25, -0.2) is 39.9 Å². The van der Waals surface area contributed by atoms with Gasteiger partial charge in [-0.05, 0) is 115 Å². The van der Waals surface area contributed by atoms with E-state index in [1.165, 1.54) is 97.1 Å².